The van der Waals surface area contributed by atoms with E-state index in [1.807, 2.05) is 0 Å². The molecule has 0 aliphatic heterocycles. The van der Waals surface area contributed by atoms with Gasteiger partial charge in [0, 0.05) is 24.9 Å². The van der Waals surface area contributed by atoms with Crippen molar-refractivity contribution in [3.63, 3.8) is 0 Å². The van der Waals surface area contributed by atoms with Crippen molar-refractivity contribution in [2.75, 3.05) is 20.2 Å². The van der Waals surface area contributed by atoms with Crippen LogP contribution in [-0.4, -0.2) is 61.1 Å². The van der Waals surface area contributed by atoms with E-state index in [0.717, 1.165) is 56.1 Å². The lowest BCUT2D eigenvalue weighted by Gasteiger charge is -2.72. The zero-order chi connectivity index (χ0) is 37.2. The third-order valence-electron chi connectivity index (χ3n) is 15.1. The van der Waals surface area contributed by atoms with Crippen molar-refractivity contribution >= 4 is 29.7 Å². The standard InChI is InChI=1S/C40H62N2O8/c1-23(2)30-25(43)21-40(32(45)41-19-20-42-34(48)49-10)18-17-38(8)24(31(30)40)11-12-27-37(7)15-14-28(50-29(44)22-35(3,4)33(46)47)36(5,6)26(37)13-16-39(27,38)9/h23-24,26-28H,11-22H2,1-10H3,(H,41,45)(H,42,48)(H,46,47)/t24?,26?,27?,28-,37-,38+,39+,40+/m0/s1. The van der Waals surface area contributed by atoms with E-state index >= 15 is 0 Å². The van der Waals surface area contributed by atoms with Gasteiger partial charge in [0.15, 0.2) is 5.78 Å². The lowest BCUT2D eigenvalue weighted by molar-refractivity contribution is -0.233. The van der Waals surface area contributed by atoms with Gasteiger partial charge in [-0.05, 0) is 116 Å². The number of alkyl carbamates (subject to hydrolysis) is 1. The van der Waals surface area contributed by atoms with Crippen LogP contribution in [0.4, 0.5) is 4.79 Å². The number of carbonyl (C=O) groups excluding carboxylic acids is 4. The molecule has 0 bridgehead atoms. The van der Waals surface area contributed by atoms with Gasteiger partial charge in [-0.25, -0.2) is 4.79 Å². The third-order valence-corrected chi connectivity index (χ3v) is 15.1. The number of methoxy groups -OCH3 is 1. The quantitative estimate of drug-likeness (QED) is 0.175. The number of carboxylic acid groups (broad SMARTS) is 1. The van der Waals surface area contributed by atoms with Crippen molar-refractivity contribution in [2.45, 2.75) is 133 Å². The zero-order valence-corrected chi connectivity index (χ0v) is 32.2. The van der Waals surface area contributed by atoms with Gasteiger partial charge in [-0.1, -0.05) is 48.5 Å². The lowest BCUT2D eigenvalue weighted by atomic mass is 9.33. The van der Waals surface area contributed by atoms with Gasteiger partial charge >= 0.3 is 18.0 Å². The molecule has 5 aliphatic carbocycles. The number of hydrogen-bond acceptors (Lipinski definition) is 7. The molecule has 5 aliphatic rings. The maximum Gasteiger partial charge on any atom is 0.406 e. The summed E-state index contributed by atoms with van der Waals surface area (Å²) in [6.07, 6.45) is 6.40. The largest absolute Gasteiger partial charge is 0.481 e. The van der Waals surface area contributed by atoms with Crippen LogP contribution < -0.4 is 10.6 Å². The molecule has 0 aromatic heterocycles. The van der Waals surface area contributed by atoms with Crippen LogP contribution in [0.3, 0.4) is 0 Å². The summed E-state index contributed by atoms with van der Waals surface area (Å²) in [6, 6.07) is 0. The number of Topliss-reactive ketones (excluding diaryl/α,β-unsaturated/α-hetero) is 1. The minimum absolute atomic E-state index is 0.0138. The number of carbonyl (C=O) groups is 5. The number of ketones is 1. The number of allylic oxidation sites excluding steroid dienone is 1. The Balaban J connectivity index is 1.42. The molecule has 8 atom stereocenters. The molecule has 2 amide bonds. The summed E-state index contributed by atoms with van der Waals surface area (Å²) in [5.41, 5.74) is -0.446. The number of aliphatic carboxylic acids is 1. The fourth-order valence-corrected chi connectivity index (χ4v) is 12.3. The summed E-state index contributed by atoms with van der Waals surface area (Å²) in [7, 11) is 1.30. The van der Waals surface area contributed by atoms with Crippen LogP contribution in [0.1, 0.15) is 127 Å². The van der Waals surface area contributed by atoms with Gasteiger partial charge < -0.3 is 25.2 Å². The van der Waals surface area contributed by atoms with E-state index in [9.17, 15) is 29.1 Å². The second-order valence-electron chi connectivity index (χ2n) is 18.7. The first-order valence-electron chi connectivity index (χ1n) is 18.9. The number of esters is 1. The molecule has 0 spiro atoms. The van der Waals surface area contributed by atoms with Crippen molar-refractivity contribution in [1.29, 1.82) is 0 Å². The Kier molecular flexibility index (Phi) is 9.92. The third kappa shape index (κ3) is 5.79. The second kappa shape index (κ2) is 12.9. The van der Waals surface area contributed by atoms with Gasteiger partial charge in [-0.3, -0.25) is 19.2 Å². The molecule has 0 radical (unpaired) electrons. The highest BCUT2D eigenvalue weighted by Gasteiger charge is 2.71. The van der Waals surface area contributed by atoms with Crippen molar-refractivity contribution in [1.82, 2.24) is 10.6 Å². The van der Waals surface area contributed by atoms with Crippen LogP contribution in [0.25, 0.3) is 0 Å². The van der Waals surface area contributed by atoms with Crippen LogP contribution in [0.15, 0.2) is 11.1 Å². The topological polar surface area (TPSA) is 148 Å². The Morgan fingerprint density at radius 2 is 1.54 bits per heavy atom. The van der Waals surface area contributed by atoms with Crippen LogP contribution in [0.2, 0.25) is 0 Å². The number of ether oxygens (including phenoxy) is 2. The van der Waals surface area contributed by atoms with E-state index in [4.69, 9.17) is 4.74 Å². The predicted octanol–water partition coefficient (Wildman–Crippen LogP) is 6.85. The van der Waals surface area contributed by atoms with Gasteiger partial charge in [0.05, 0.1) is 24.4 Å². The minimum Gasteiger partial charge on any atom is -0.481 e. The molecule has 10 nitrogen and oxygen atoms in total. The summed E-state index contributed by atoms with van der Waals surface area (Å²) in [5, 5.41) is 15.3. The summed E-state index contributed by atoms with van der Waals surface area (Å²) >= 11 is 0. The molecular weight excluding hydrogens is 636 g/mol. The van der Waals surface area contributed by atoms with E-state index in [1.165, 1.54) is 7.11 Å². The Labute approximate surface area is 298 Å². The van der Waals surface area contributed by atoms with Crippen molar-refractivity contribution < 1.29 is 38.6 Å². The van der Waals surface area contributed by atoms with Crippen molar-refractivity contribution in [3.05, 3.63) is 11.1 Å². The maximum atomic E-state index is 14.2. The zero-order valence-electron chi connectivity index (χ0n) is 32.2. The monoisotopic (exact) mass is 698 g/mol. The number of fused-ring (bicyclic) bond motifs is 7. The van der Waals surface area contributed by atoms with E-state index < -0.39 is 28.9 Å². The van der Waals surface area contributed by atoms with E-state index in [0.29, 0.717) is 18.3 Å². The molecule has 0 aromatic carbocycles. The Morgan fingerprint density at radius 3 is 2.16 bits per heavy atom. The number of carboxylic acids is 1. The molecule has 0 aromatic rings. The number of nitrogens with one attached hydrogen (secondary N) is 2. The number of hydrogen-bond donors (Lipinski definition) is 3. The first-order chi connectivity index (χ1) is 23.1. The summed E-state index contributed by atoms with van der Waals surface area (Å²) in [5.74, 6) is -0.533. The molecule has 0 saturated heterocycles. The van der Waals surface area contributed by atoms with Gasteiger partial charge in [-0.15, -0.1) is 0 Å². The van der Waals surface area contributed by atoms with Crippen molar-refractivity contribution in [3.8, 4) is 0 Å². The fraction of sp³-hybridized carbons (Fsp3) is 0.825. The maximum absolute atomic E-state index is 14.2. The molecule has 50 heavy (non-hydrogen) atoms. The first kappa shape index (κ1) is 38.3. The van der Waals surface area contributed by atoms with Crippen molar-refractivity contribution in [2.24, 2.45) is 56.2 Å². The van der Waals surface area contributed by atoms with Gasteiger partial charge in [0.25, 0.3) is 0 Å². The number of rotatable bonds is 9. The lowest BCUT2D eigenvalue weighted by Crippen LogP contribution is -2.66. The molecule has 10 heteroatoms. The van der Waals surface area contributed by atoms with E-state index in [-0.39, 0.29) is 77.2 Å². The van der Waals surface area contributed by atoms with E-state index in [1.54, 1.807) is 13.8 Å². The van der Waals surface area contributed by atoms with E-state index in [2.05, 4.69) is 63.8 Å². The normalized spacial score (nSPS) is 37.5. The molecule has 5 rings (SSSR count). The fourth-order valence-electron chi connectivity index (χ4n) is 12.3. The Bertz CT molecular complexity index is 1460. The first-order valence-corrected chi connectivity index (χ1v) is 18.9. The molecule has 3 unspecified atom stereocenters. The Morgan fingerprint density at radius 1 is 0.880 bits per heavy atom. The highest BCUT2D eigenvalue weighted by molar-refractivity contribution is 6.07. The average Bonchev–Trinajstić information content (AvgIpc) is 3.33. The van der Waals surface area contributed by atoms with Crippen LogP contribution >= 0.6 is 0 Å². The van der Waals surface area contributed by atoms with Gasteiger partial charge in [-0.2, -0.15) is 0 Å². The number of amides is 2. The summed E-state index contributed by atoms with van der Waals surface area (Å²) in [4.78, 5) is 64.4. The molecule has 280 valence electrons. The average molecular weight is 699 g/mol. The highest BCUT2D eigenvalue weighted by Crippen LogP contribution is 2.76. The molecule has 3 N–H and O–H groups in total. The Hall–Kier alpha value is -2.91. The molecule has 4 saturated carbocycles. The summed E-state index contributed by atoms with van der Waals surface area (Å²) < 4.78 is 10.8. The van der Waals surface area contributed by atoms with Crippen LogP contribution in [0.5, 0.6) is 0 Å². The van der Waals surface area contributed by atoms with Gasteiger partial charge in [0.1, 0.15) is 6.10 Å². The SMILES string of the molecule is COC(=O)NCCNC(=O)[C@@]12CC[C@]3(C)C(CCC4[C@@]5(C)CC[C@H](OC(=O)CC(C)(C)C(=O)O)C(C)(C)C5CC[C@]43C)C1=C(C(C)C)C(=O)C2. The smallest absolute Gasteiger partial charge is 0.406 e. The van der Waals surface area contributed by atoms with Crippen LogP contribution in [-0.2, 0) is 28.7 Å². The summed E-state index contributed by atoms with van der Waals surface area (Å²) in [6.45, 7) is 19.7. The van der Waals surface area contributed by atoms with Gasteiger partial charge in [0.2, 0.25) is 5.91 Å². The second-order valence-corrected chi connectivity index (χ2v) is 18.7. The molecule has 4 fully saturated rings. The van der Waals surface area contributed by atoms with Crippen LogP contribution in [0, 0.1) is 56.2 Å². The molecular formula is C40H62N2O8. The molecule has 0 heterocycles. The minimum atomic E-state index is -1.18. The predicted molar refractivity (Wildman–Crippen MR) is 189 cm³/mol. The highest BCUT2D eigenvalue weighted by atomic mass is 16.5.